The van der Waals surface area contributed by atoms with Crippen LogP contribution in [0, 0.1) is 17.0 Å². The summed E-state index contributed by atoms with van der Waals surface area (Å²) in [5, 5.41) is 16.6. The first-order valence-electron chi connectivity index (χ1n) is 10.2. The number of non-ortho nitro benzene ring substituents is 1. The molecule has 0 fully saturated rings. The zero-order chi connectivity index (χ0) is 24.2. The van der Waals surface area contributed by atoms with E-state index in [1.54, 1.807) is 17.7 Å². The summed E-state index contributed by atoms with van der Waals surface area (Å²) < 4.78 is 17.5. The van der Waals surface area contributed by atoms with Gasteiger partial charge in [0.2, 0.25) is 0 Å². The highest BCUT2D eigenvalue weighted by Crippen LogP contribution is 2.33. The molecule has 0 bridgehead atoms. The Labute approximate surface area is 204 Å². The summed E-state index contributed by atoms with van der Waals surface area (Å²) in [7, 11) is 0. The van der Waals surface area contributed by atoms with E-state index in [0.717, 1.165) is 5.56 Å². The lowest BCUT2D eigenvalue weighted by molar-refractivity contribution is -0.385. The summed E-state index contributed by atoms with van der Waals surface area (Å²) in [5.74, 6) is -0.227. The maximum atomic E-state index is 12.3. The van der Waals surface area contributed by atoms with Gasteiger partial charge in [0, 0.05) is 39.9 Å². The third kappa shape index (κ3) is 5.22. The molecule has 0 radical (unpaired) electrons. The van der Waals surface area contributed by atoms with Crippen LogP contribution >= 0.6 is 23.2 Å². The van der Waals surface area contributed by atoms with E-state index in [1.165, 1.54) is 24.3 Å². The Morgan fingerprint density at radius 3 is 2.85 bits per heavy atom. The first-order chi connectivity index (χ1) is 16.3. The molecule has 0 unspecified atom stereocenters. The van der Waals surface area contributed by atoms with E-state index in [9.17, 15) is 14.9 Å². The van der Waals surface area contributed by atoms with Crippen molar-refractivity contribution in [1.29, 1.82) is 0 Å². The number of nitrogens with zero attached hydrogens (tertiary/aromatic N) is 3. The minimum absolute atomic E-state index is 0.0155. The van der Waals surface area contributed by atoms with Gasteiger partial charge in [-0.1, -0.05) is 41.4 Å². The van der Waals surface area contributed by atoms with Crippen LogP contribution in [0.1, 0.15) is 27.9 Å². The second-order valence-corrected chi connectivity index (χ2v) is 8.21. The van der Waals surface area contributed by atoms with Gasteiger partial charge in [0.05, 0.1) is 23.8 Å². The molecular weight excluding hydrogens is 485 g/mol. The summed E-state index contributed by atoms with van der Waals surface area (Å²) in [5.41, 5.74) is 2.83. The number of rotatable bonds is 7. The minimum Gasteiger partial charge on any atom is -0.467 e. The van der Waals surface area contributed by atoms with Gasteiger partial charge in [-0.3, -0.25) is 10.1 Å². The molecule has 0 atom stereocenters. The number of fused-ring (bicyclic) bond motifs is 1. The average Bonchev–Trinajstić information content (AvgIpc) is 3.09. The second-order valence-electron chi connectivity index (χ2n) is 7.44. The van der Waals surface area contributed by atoms with Crippen molar-refractivity contribution in [2.24, 2.45) is 0 Å². The number of benzene rings is 2. The maximum Gasteiger partial charge on any atom is 0.331 e. The van der Waals surface area contributed by atoms with Crippen molar-refractivity contribution >= 4 is 40.9 Å². The molecule has 34 heavy (non-hydrogen) atoms. The number of nitro benzene ring substituents is 1. The highest BCUT2D eigenvalue weighted by molar-refractivity contribution is 6.32. The molecule has 3 aromatic rings. The van der Waals surface area contributed by atoms with Crippen LogP contribution in [-0.2, 0) is 34.0 Å². The van der Waals surface area contributed by atoms with Crippen molar-refractivity contribution < 1.29 is 23.9 Å². The van der Waals surface area contributed by atoms with Crippen LogP contribution in [0.4, 0.5) is 5.69 Å². The van der Waals surface area contributed by atoms with E-state index in [4.69, 9.17) is 37.4 Å². The fourth-order valence-corrected chi connectivity index (χ4v) is 3.98. The van der Waals surface area contributed by atoms with Gasteiger partial charge in [0.15, 0.2) is 6.79 Å². The molecule has 11 heteroatoms. The Morgan fingerprint density at radius 2 is 2.09 bits per heavy atom. The van der Waals surface area contributed by atoms with E-state index in [1.807, 2.05) is 18.2 Å². The van der Waals surface area contributed by atoms with Crippen molar-refractivity contribution in [3.63, 3.8) is 0 Å². The number of carbonyl (C=O) groups excluding carboxylic acids is 1. The predicted molar refractivity (Wildman–Crippen MR) is 125 cm³/mol. The third-order valence-corrected chi connectivity index (χ3v) is 5.89. The van der Waals surface area contributed by atoms with Crippen molar-refractivity contribution in [3.8, 4) is 5.75 Å². The lowest BCUT2D eigenvalue weighted by Crippen LogP contribution is -2.14. The molecule has 1 aliphatic heterocycles. The molecule has 0 saturated heterocycles. The van der Waals surface area contributed by atoms with Gasteiger partial charge in [0.25, 0.3) is 5.69 Å². The fourth-order valence-electron chi connectivity index (χ4n) is 3.49. The molecule has 2 heterocycles. The van der Waals surface area contributed by atoms with E-state index < -0.39 is 10.9 Å². The van der Waals surface area contributed by atoms with E-state index in [0.29, 0.717) is 44.9 Å². The number of esters is 1. The minimum atomic E-state index is -0.651. The Morgan fingerprint density at radius 1 is 1.29 bits per heavy atom. The number of carbonyl (C=O) groups is 1. The van der Waals surface area contributed by atoms with Gasteiger partial charge in [-0.15, -0.1) is 0 Å². The smallest absolute Gasteiger partial charge is 0.331 e. The van der Waals surface area contributed by atoms with Crippen LogP contribution in [0.25, 0.3) is 6.08 Å². The Balaban J connectivity index is 1.46. The van der Waals surface area contributed by atoms with Gasteiger partial charge in [-0.05, 0) is 24.6 Å². The number of aromatic nitrogens is 2. The topological polar surface area (TPSA) is 106 Å². The quantitative estimate of drug-likeness (QED) is 0.191. The molecule has 1 aliphatic rings. The second kappa shape index (κ2) is 10.3. The fraction of sp³-hybridized carbons (Fsp3) is 0.217. The monoisotopic (exact) mass is 503 g/mol. The Kier molecular flexibility index (Phi) is 7.16. The number of hydrogen-bond donors (Lipinski definition) is 0. The molecule has 176 valence electrons. The van der Waals surface area contributed by atoms with Crippen LogP contribution in [0.15, 0.2) is 42.5 Å². The first-order valence-corrected chi connectivity index (χ1v) is 10.9. The average molecular weight is 504 g/mol. The summed E-state index contributed by atoms with van der Waals surface area (Å²) in [6, 6.07) is 10.1. The van der Waals surface area contributed by atoms with Crippen molar-refractivity contribution in [3.05, 3.63) is 90.7 Å². The highest BCUT2D eigenvalue weighted by atomic mass is 35.5. The predicted octanol–water partition coefficient (Wildman–Crippen LogP) is 5.08. The number of halogens is 2. The number of ether oxygens (including phenoxy) is 3. The molecule has 1 aromatic heterocycles. The van der Waals surface area contributed by atoms with Gasteiger partial charge in [-0.25, -0.2) is 9.48 Å². The van der Waals surface area contributed by atoms with E-state index in [2.05, 4.69) is 5.10 Å². The van der Waals surface area contributed by atoms with Crippen LogP contribution in [-0.4, -0.2) is 27.5 Å². The molecule has 0 saturated carbocycles. The number of hydrogen-bond acceptors (Lipinski definition) is 7. The molecule has 0 amide bonds. The zero-order valence-electron chi connectivity index (χ0n) is 18.0. The van der Waals surface area contributed by atoms with Gasteiger partial charge in [0.1, 0.15) is 17.5 Å². The van der Waals surface area contributed by atoms with Crippen LogP contribution in [0.3, 0.4) is 0 Å². The van der Waals surface area contributed by atoms with Crippen molar-refractivity contribution in [1.82, 2.24) is 9.78 Å². The lowest BCUT2D eigenvalue weighted by atomic mass is 10.1. The van der Waals surface area contributed by atoms with Crippen molar-refractivity contribution in [2.75, 3.05) is 6.79 Å². The number of aryl methyl sites for hydroxylation is 1. The summed E-state index contributed by atoms with van der Waals surface area (Å²) in [6.45, 7) is 2.13. The maximum absolute atomic E-state index is 12.3. The highest BCUT2D eigenvalue weighted by Gasteiger charge is 2.21. The molecule has 4 rings (SSSR count). The van der Waals surface area contributed by atoms with Gasteiger partial charge in [-0.2, -0.15) is 5.10 Å². The standard InChI is InChI=1S/C23H19Cl2N3O6/c1-14-19(23(25)27(26-14)10-15-4-2-3-5-20(15)24)6-7-21(29)33-12-17-9-18(28(30)31)8-16-11-32-13-34-22(16)17/h2-9H,10-13H2,1H3/b7-6+. The van der Waals surface area contributed by atoms with E-state index in [-0.39, 0.29) is 25.7 Å². The SMILES string of the molecule is Cc1nn(Cc2ccccc2Cl)c(Cl)c1/C=C/C(=O)OCc1cc([N+](=O)[O-])cc2c1OCOC2. The Hall–Kier alpha value is -3.40. The Bertz CT molecular complexity index is 1290. The van der Waals surface area contributed by atoms with E-state index >= 15 is 0 Å². The zero-order valence-corrected chi connectivity index (χ0v) is 19.5. The summed E-state index contributed by atoms with van der Waals surface area (Å²) in [6.07, 6.45) is 2.74. The first kappa shape index (κ1) is 23.7. The molecule has 0 aliphatic carbocycles. The molecule has 0 N–H and O–H groups in total. The van der Waals surface area contributed by atoms with Crippen LogP contribution in [0.2, 0.25) is 10.2 Å². The number of nitro groups is 1. The van der Waals surface area contributed by atoms with Gasteiger partial charge >= 0.3 is 5.97 Å². The van der Waals surface area contributed by atoms with Crippen molar-refractivity contribution in [2.45, 2.75) is 26.7 Å². The van der Waals surface area contributed by atoms with Gasteiger partial charge < -0.3 is 14.2 Å². The molecule has 0 spiro atoms. The lowest BCUT2D eigenvalue weighted by Gasteiger charge is -2.20. The molecular formula is C23H19Cl2N3O6. The molecule has 2 aromatic carbocycles. The normalized spacial score (nSPS) is 12.9. The molecule has 9 nitrogen and oxygen atoms in total. The summed E-state index contributed by atoms with van der Waals surface area (Å²) >= 11 is 12.7. The summed E-state index contributed by atoms with van der Waals surface area (Å²) in [4.78, 5) is 23.0. The van der Waals surface area contributed by atoms with Crippen LogP contribution < -0.4 is 4.74 Å². The largest absolute Gasteiger partial charge is 0.467 e. The van der Waals surface area contributed by atoms with Crippen LogP contribution in [0.5, 0.6) is 5.75 Å². The third-order valence-electron chi connectivity index (χ3n) is 5.13.